The fourth-order valence-electron chi connectivity index (χ4n) is 4.26. The molecule has 0 aromatic rings. The van der Waals surface area contributed by atoms with Crippen molar-refractivity contribution in [3.8, 4) is 0 Å². The van der Waals surface area contributed by atoms with Crippen molar-refractivity contribution in [2.45, 2.75) is 77.2 Å². The van der Waals surface area contributed by atoms with Crippen molar-refractivity contribution >= 4 is 0 Å². The van der Waals surface area contributed by atoms with E-state index in [1.807, 2.05) is 0 Å². The highest BCUT2D eigenvalue weighted by Crippen LogP contribution is 2.36. The molecule has 1 aliphatic carbocycles. The van der Waals surface area contributed by atoms with Gasteiger partial charge in [0.25, 0.3) is 0 Å². The van der Waals surface area contributed by atoms with Gasteiger partial charge in [-0.2, -0.15) is 0 Å². The van der Waals surface area contributed by atoms with Crippen molar-refractivity contribution < 1.29 is 0 Å². The molecule has 0 spiro atoms. The van der Waals surface area contributed by atoms with Gasteiger partial charge in [-0.1, -0.05) is 33.1 Å². The van der Waals surface area contributed by atoms with E-state index in [9.17, 15) is 0 Å². The van der Waals surface area contributed by atoms with E-state index in [1.165, 1.54) is 70.9 Å². The molecule has 0 aromatic carbocycles. The molecule has 2 nitrogen and oxygen atoms in total. The van der Waals surface area contributed by atoms with Crippen LogP contribution < -0.4 is 5.73 Å². The monoisotopic (exact) mass is 266 g/mol. The van der Waals surface area contributed by atoms with Crippen LogP contribution in [0.2, 0.25) is 0 Å². The molecule has 2 rings (SSSR count). The molecule has 2 aliphatic rings. The van der Waals surface area contributed by atoms with Gasteiger partial charge in [0.15, 0.2) is 0 Å². The first-order chi connectivity index (χ1) is 9.20. The molecular formula is C17H34N2. The Kier molecular flexibility index (Phi) is 5.70. The van der Waals surface area contributed by atoms with E-state index in [1.54, 1.807) is 0 Å². The van der Waals surface area contributed by atoms with E-state index in [0.29, 0.717) is 5.54 Å². The van der Waals surface area contributed by atoms with Crippen LogP contribution in [-0.2, 0) is 0 Å². The third-order valence-corrected chi connectivity index (χ3v) is 5.92. The van der Waals surface area contributed by atoms with Crippen LogP contribution in [0.5, 0.6) is 0 Å². The van der Waals surface area contributed by atoms with Crippen molar-refractivity contribution in [1.82, 2.24) is 4.90 Å². The molecular weight excluding hydrogens is 232 g/mol. The number of rotatable bonds is 3. The van der Waals surface area contributed by atoms with Crippen LogP contribution in [0.15, 0.2) is 0 Å². The minimum Gasteiger partial charge on any atom is -0.329 e. The summed E-state index contributed by atoms with van der Waals surface area (Å²) in [7, 11) is 0. The molecule has 3 unspecified atom stereocenters. The van der Waals surface area contributed by atoms with Gasteiger partial charge in [0.2, 0.25) is 0 Å². The minimum absolute atomic E-state index is 0.341. The van der Waals surface area contributed by atoms with Crippen molar-refractivity contribution in [2.75, 3.05) is 19.6 Å². The average Bonchev–Trinajstić information content (AvgIpc) is 2.77. The highest BCUT2D eigenvalue weighted by Gasteiger charge is 2.37. The van der Waals surface area contributed by atoms with Crippen LogP contribution in [0.4, 0.5) is 0 Å². The third kappa shape index (κ3) is 3.72. The highest BCUT2D eigenvalue weighted by atomic mass is 15.2. The number of nitrogens with zero attached hydrogens (tertiary/aromatic N) is 1. The normalized spacial score (nSPS) is 38.7. The number of hydrogen-bond acceptors (Lipinski definition) is 2. The summed E-state index contributed by atoms with van der Waals surface area (Å²) in [4.78, 5) is 2.79. The molecule has 2 fully saturated rings. The van der Waals surface area contributed by atoms with Crippen LogP contribution in [0.1, 0.15) is 71.6 Å². The molecule has 19 heavy (non-hydrogen) atoms. The first-order valence-electron chi connectivity index (χ1n) is 8.65. The molecule has 3 atom stereocenters. The second-order valence-corrected chi connectivity index (χ2v) is 7.16. The standard InChI is InChI=1S/C17H34N2/c1-3-16-7-5-12-19(13-9-16)17(14-18)10-4-6-15(2)8-11-17/h15-16H,3-14,18H2,1-2H3. The van der Waals surface area contributed by atoms with E-state index in [2.05, 4.69) is 18.7 Å². The van der Waals surface area contributed by atoms with Crippen LogP contribution >= 0.6 is 0 Å². The molecule has 1 saturated heterocycles. The maximum atomic E-state index is 6.26. The van der Waals surface area contributed by atoms with Crippen LogP contribution in [-0.4, -0.2) is 30.1 Å². The lowest BCUT2D eigenvalue weighted by Crippen LogP contribution is -2.54. The largest absolute Gasteiger partial charge is 0.329 e. The summed E-state index contributed by atoms with van der Waals surface area (Å²) < 4.78 is 0. The zero-order chi connectivity index (χ0) is 13.7. The van der Waals surface area contributed by atoms with E-state index in [-0.39, 0.29) is 0 Å². The first kappa shape index (κ1) is 15.3. The molecule has 0 aromatic heterocycles. The molecule has 1 aliphatic heterocycles. The van der Waals surface area contributed by atoms with Crippen LogP contribution in [0.3, 0.4) is 0 Å². The lowest BCUT2D eigenvalue weighted by atomic mass is 9.87. The Balaban J connectivity index is 2.03. The van der Waals surface area contributed by atoms with E-state index in [4.69, 9.17) is 5.73 Å². The van der Waals surface area contributed by atoms with Crippen molar-refractivity contribution in [1.29, 1.82) is 0 Å². The molecule has 1 heterocycles. The molecule has 0 bridgehead atoms. The maximum Gasteiger partial charge on any atom is 0.0331 e. The molecule has 2 heteroatoms. The summed E-state index contributed by atoms with van der Waals surface area (Å²) in [5, 5.41) is 0. The zero-order valence-electron chi connectivity index (χ0n) is 13.2. The quantitative estimate of drug-likeness (QED) is 0.787. The van der Waals surface area contributed by atoms with Crippen LogP contribution in [0, 0.1) is 11.8 Å². The van der Waals surface area contributed by atoms with Crippen molar-refractivity contribution in [3.63, 3.8) is 0 Å². The second-order valence-electron chi connectivity index (χ2n) is 7.16. The number of nitrogens with two attached hydrogens (primary N) is 1. The van der Waals surface area contributed by atoms with Gasteiger partial charge in [0.1, 0.15) is 0 Å². The Morgan fingerprint density at radius 2 is 1.89 bits per heavy atom. The topological polar surface area (TPSA) is 29.3 Å². The summed E-state index contributed by atoms with van der Waals surface area (Å²) in [6, 6.07) is 0. The minimum atomic E-state index is 0.341. The summed E-state index contributed by atoms with van der Waals surface area (Å²) in [5.41, 5.74) is 6.60. The van der Waals surface area contributed by atoms with Gasteiger partial charge in [-0.3, -0.25) is 4.90 Å². The fraction of sp³-hybridized carbons (Fsp3) is 1.00. The van der Waals surface area contributed by atoms with E-state index < -0.39 is 0 Å². The fourth-order valence-corrected chi connectivity index (χ4v) is 4.26. The molecule has 1 saturated carbocycles. The molecule has 112 valence electrons. The van der Waals surface area contributed by atoms with Gasteiger partial charge in [-0.05, 0) is 63.5 Å². The van der Waals surface area contributed by atoms with Crippen molar-refractivity contribution in [2.24, 2.45) is 17.6 Å². The summed E-state index contributed by atoms with van der Waals surface area (Å²) in [5.74, 6) is 1.87. The predicted octanol–water partition coefficient (Wildman–Crippen LogP) is 3.80. The third-order valence-electron chi connectivity index (χ3n) is 5.92. The van der Waals surface area contributed by atoms with Gasteiger partial charge >= 0.3 is 0 Å². The average molecular weight is 266 g/mol. The van der Waals surface area contributed by atoms with Gasteiger partial charge in [0, 0.05) is 12.1 Å². The maximum absolute atomic E-state index is 6.26. The van der Waals surface area contributed by atoms with Gasteiger partial charge in [0.05, 0.1) is 0 Å². The highest BCUT2D eigenvalue weighted by molar-refractivity contribution is 4.95. The second kappa shape index (κ2) is 7.08. The molecule has 0 amide bonds. The first-order valence-corrected chi connectivity index (χ1v) is 8.65. The summed E-state index contributed by atoms with van der Waals surface area (Å²) >= 11 is 0. The van der Waals surface area contributed by atoms with E-state index in [0.717, 1.165) is 18.4 Å². The Morgan fingerprint density at radius 3 is 2.63 bits per heavy atom. The lowest BCUT2D eigenvalue weighted by Gasteiger charge is -2.43. The summed E-state index contributed by atoms with van der Waals surface area (Å²) in [6.45, 7) is 8.23. The Labute approximate surface area is 120 Å². The molecule has 0 radical (unpaired) electrons. The van der Waals surface area contributed by atoms with Gasteiger partial charge in [-0.25, -0.2) is 0 Å². The van der Waals surface area contributed by atoms with Crippen LogP contribution in [0.25, 0.3) is 0 Å². The van der Waals surface area contributed by atoms with E-state index >= 15 is 0 Å². The Hall–Kier alpha value is -0.0800. The zero-order valence-corrected chi connectivity index (χ0v) is 13.2. The molecule has 2 N–H and O–H groups in total. The Bertz CT molecular complexity index is 266. The van der Waals surface area contributed by atoms with Crippen molar-refractivity contribution in [3.05, 3.63) is 0 Å². The number of hydrogen-bond donors (Lipinski definition) is 1. The number of likely N-dealkylation sites (tertiary alicyclic amines) is 1. The predicted molar refractivity (Wildman–Crippen MR) is 83.2 cm³/mol. The SMILES string of the molecule is CCC1CCCN(C2(CN)CCCC(C)CC2)CC1. The Morgan fingerprint density at radius 1 is 1.05 bits per heavy atom. The van der Waals surface area contributed by atoms with Gasteiger partial charge in [-0.15, -0.1) is 0 Å². The smallest absolute Gasteiger partial charge is 0.0331 e. The lowest BCUT2D eigenvalue weighted by molar-refractivity contribution is 0.0795. The summed E-state index contributed by atoms with van der Waals surface area (Å²) in [6.07, 6.45) is 12.4. The van der Waals surface area contributed by atoms with Gasteiger partial charge < -0.3 is 5.73 Å².